The standard InChI is InChI=1S/C25H28N6O2/c1-28-22-21(23(32)27-25(28)33)31(13-12-19-8-4-2-5-9-19)24(26-22)30-16-14-29(15-17-30)18-20-10-6-3-7-11-20/h2-11H,12-18H2,1H3,(H,27,32,33). The zero-order chi connectivity index (χ0) is 22.8. The number of hydrogen-bond donors (Lipinski definition) is 1. The Labute approximate surface area is 191 Å². The lowest BCUT2D eigenvalue weighted by Gasteiger charge is -2.35. The third-order valence-electron chi connectivity index (χ3n) is 6.36. The van der Waals surface area contributed by atoms with Gasteiger partial charge in [-0.3, -0.25) is 19.2 Å². The van der Waals surface area contributed by atoms with Gasteiger partial charge in [-0.05, 0) is 17.5 Å². The summed E-state index contributed by atoms with van der Waals surface area (Å²) in [6.45, 7) is 4.98. The van der Waals surface area contributed by atoms with E-state index in [1.54, 1.807) is 7.05 Å². The van der Waals surface area contributed by atoms with Crippen LogP contribution >= 0.6 is 0 Å². The van der Waals surface area contributed by atoms with Crippen LogP contribution in [0.4, 0.5) is 5.95 Å². The highest BCUT2D eigenvalue weighted by molar-refractivity contribution is 5.74. The lowest BCUT2D eigenvalue weighted by molar-refractivity contribution is 0.248. The van der Waals surface area contributed by atoms with Crippen molar-refractivity contribution in [2.75, 3.05) is 31.1 Å². The minimum absolute atomic E-state index is 0.386. The van der Waals surface area contributed by atoms with Crippen LogP contribution in [0.5, 0.6) is 0 Å². The Morgan fingerprint density at radius 1 is 0.879 bits per heavy atom. The van der Waals surface area contributed by atoms with Crippen LogP contribution in [-0.4, -0.2) is 50.2 Å². The lowest BCUT2D eigenvalue weighted by Crippen LogP contribution is -2.47. The van der Waals surface area contributed by atoms with Crippen molar-refractivity contribution in [3.05, 3.63) is 92.6 Å². The summed E-state index contributed by atoms with van der Waals surface area (Å²) in [5.74, 6) is 0.756. The molecule has 5 rings (SSSR count). The summed E-state index contributed by atoms with van der Waals surface area (Å²) in [5, 5.41) is 0. The number of H-pyrrole nitrogens is 1. The Kier molecular flexibility index (Phi) is 5.83. The van der Waals surface area contributed by atoms with E-state index in [2.05, 4.69) is 51.2 Å². The van der Waals surface area contributed by atoms with E-state index in [9.17, 15) is 9.59 Å². The summed E-state index contributed by atoms with van der Waals surface area (Å²) in [5.41, 5.74) is 2.55. The smallest absolute Gasteiger partial charge is 0.329 e. The van der Waals surface area contributed by atoms with Crippen LogP contribution in [0.3, 0.4) is 0 Å². The molecule has 4 aromatic rings. The molecule has 8 nitrogen and oxygen atoms in total. The van der Waals surface area contributed by atoms with Crippen molar-refractivity contribution in [1.29, 1.82) is 0 Å². The number of aryl methyl sites for hydroxylation is 3. The molecule has 170 valence electrons. The Balaban J connectivity index is 1.43. The van der Waals surface area contributed by atoms with Crippen LogP contribution < -0.4 is 16.1 Å². The number of anilines is 1. The topological polar surface area (TPSA) is 79.2 Å². The van der Waals surface area contributed by atoms with Gasteiger partial charge < -0.3 is 9.47 Å². The van der Waals surface area contributed by atoms with E-state index in [1.807, 2.05) is 28.8 Å². The number of aromatic nitrogens is 4. The Bertz CT molecular complexity index is 1350. The van der Waals surface area contributed by atoms with Gasteiger partial charge in [0, 0.05) is 46.3 Å². The van der Waals surface area contributed by atoms with E-state index < -0.39 is 5.69 Å². The fourth-order valence-electron chi connectivity index (χ4n) is 4.51. The van der Waals surface area contributed by atoms with Crippen molar-refractivity contribution in [2.24, 2.45) is 7.05 Å². The van der Waals surface area contributed by atoms with Gasteiger partial charge in [-0.2, -0.15) is 4.98 Å². The molecule has 0 radical (unpaired) electrons. The van der Waals surface area contributed by atoms with Crippen LogP contribution in [-0.2, 0) is 26.6 Å². The molecule has 3 heterocycles. The molecule has 0 aliphatic carbocycles. The van der Waals surface area contributed by atoms with Gasteiger partial charge in [-0.25, -0.2) is 4.79 Å². The van der Waals surface area contributed by atoms with E-state index in [-0.39, 0.29) is 5.56 Å². The highest BCUT2D eigenvalue weighted by atomic mass is 16.2. The number of aromatic amines is 1. The average molecular weight is 445 g/mol. The molecule has 0 atom stereocenters. The maximum Gasteiger partial charge on any atom is 0.329 e. The predicted octanol–water partition coefficient (Wildman–Crippen LogP) is 1.99. The molecule has 0 bridgehead atoms. The SMILES string of the molecule is Cn1c(=O)[nH]c(=O)c2c1nc(N1CCN(Cc3ccccc3)CC1)n2CCc1ccccc1. The molecule has 1 aliphatic rings. The summed E-state index contributed by atoms with van der Waals surface area (Å²) in [4.78, 5) is 36.9. The summed E-state index contributed by atoms with van der Waals surface area (Å²) in [6.07, 6.45) is 0.773. The third-order valence-corrected chi connectivity index (χ3v) is 6.36. The second kappa shape index (κ2) is 9.07. The zero-order valence-electron chi connectivity index (χ0n) is 18.8. The lowest BCUT2D eigenvalue weighted by atomic mass is 10.1. The molecule has 2 aromatic carbocycles. The molecule has 0 amide bonds. The Morgan fingerprint density at radius 3 is 2.18 bits per heavy atom. The van der Waals surface area contributed by atoms with Gasteiger partial charge in [0.1, 0.15) is 0 Å². The van der Waals surface area contributed by atoms with Crippen LogP contribution in [0.15, 0.2) is 70.3 Å². The molecule has 0 saturated carbocycles. The monoisotopic (exact) mass is 444 g/mol. The highest BCUT2D eigenvalue weighted by Crippen LogP contribution is 2.22. The Morgan fingerprint density at radius 2 is 1.52 bits per heavy atom. The zero-order valence-corrected chi connectivity index (χ0v) is 18.8. The van der Waals surface area contributed by atoms with E-state index in [0.717, 1.165) is 45.1 Å². The average Bonchev–Trinajstić information content (AvgIpc) is 3.23. The van der Waals surface area contributed by atoms with Gasteiger partial charge in [0.2, 0.25) is 5.95 Å². The van der Waals surface area contributed by atoms with Gasteiger partial charge in [0.15, 0.2) is 11.2 Å². The molecule has 2 aromatic heterocycles. The number of hydrogen-bond acceptors (Lipinski definition) is 5. The number of benzene rings is 2. The molecule has 1 N–H and O–H groups in total. The summed E-state index contributed by atoms with van der Waals surface area (Å²) >= 11 is 0. The predicted molar refractivity (Wildman–Crippen MR) is 130 cm³/mol. The van der Waals surface area contributed by atoms with Gasteiger partial charge in [-0.1, -0.05) is 60.7 Å². The molecule has 1 aliphatic heterocycles. The number of piperazine rings is 1. The quantitative estimate of drug-likeness (QED) is 0.492. The molecule has 1 saturated heterocycles. The second-order valence-corrected chi connectivity index (χ2v) is 8.54. The number of rotatable bonds is 6. The molecule has 0 unspecified atom stereocenters. The van der Waals surface area contributed by atoms with E-state index in [1.165, 1.54) is 15.7 Å². The second-order valence-electron chi connectivity index (χ2n) is 8.54. The summed E-state index contributed by atoms with van der Waals surface area (Å²) in [6, 6.07) is 20.7. The van der Waals surface area contributed by atoms with Crippen molar-refractivity contribution in [2.45, 2.75) is 19.5 Å². The fraction of sp³-hybridized carbons (Fsp3) is 0.320. The van der Waals surface area contributed by atoms with Crippen LogP contribution in [0.2, 0.25) is 0 Å². The van der Waals surface area contributed by atoms with Crippen molar-refractivity contribution in [3.8, 4) is 0 Å². The van der Waals surface area contributed by atoms with E-state index >= 15 is 0 Å². The first-order chi connectivity index (χ1) is 16.1. The molecule has 1 fully saturated rings. The molecule has 8 heteroatoms. The minimum atomic E-state index is -0.445. The highest BCUT2D eigenvalue weighted by Gasteiger charge is 2.25. The first kappa shape index (κ1) is 21.2. The van der Waals surface area contributed by atoms with Crippen molar-refractivity contribution in [3.63, 3.8) is 0 Å². The maximum atomic E-state index is 12.8. The van der Waals surface area contributed by atoms with Crippen LogP contribution in [0.1, 0.15) is 11.1 Å². The normalized spacial score (nSPS) is 14.8. The maximum absolute atomic E-state index is 12.8. The van der Waals surface area contributed by atoms with Gasteiger partial charge in [0.25, 0.3) is 5.56 Å². The number of imidazole rings is 1. The molecular weight excluding hydrogens is 416 g/mol. The molecular formula is C25H28N6O2. The largest absolute Gasteiger partial charge is 0.340 e. The summed E-state index contributed by atoms with van der Waals surface area (Å²) < 4.78 is 3.40. The van der Waals surface area contributed by atoms with Crippen LogP contribution in [0.25, 0.3) is 11.2 Å². The number of fused-ring (bicyclic) bond motifs is 1. The number of nitrogens with one attached hydrogen (secondary N) is 1. The van der Waals surface area contributed by atoms with Crippen LogP contribution in [0, 0.1) is 0 Å². The van der Waals surface area contributed by atoms with Gasteiger partial charge in [0.05, 0.1) is 0 Å². The van der Waals surface area contributed by atoms with E-state index in [0.29, 0.717) is 17.7 Å². The Hall–Kier alpha value is -3.65. The first-order valence-corrected chi connectivity index (χ1v) is 11.3. The van der Waals surface area contributed by atoms with Gasteiger partial charge >= 0.3 is 5.69 Å². The fourth-order valence-corrected chi connectivity index (χ4v) is 4.51. The number of nitrogens with zero attached hydrogens (tertiary/aromatic N) is 5. The molecule has 33 heavy (non-hydrogen) atoms. The van der Waals surface area contributed by atoms with Crippen molar-refractivity contribution >= 4 is 17.1 Å². The summed E-state index contributed by atoms with van der Waals surface area (Å²) in [7, 11) is 1.65. The first-order valence-electron chi connectivity index (χ1n) is 11.3. The van der Waals surface area contributed by atoms with Gasteiger partial charge in [-0.15, -0.1) is 0 Å². The molecule has 0 spiro atoms. The minimum Gasteiger partial charge on any atom is -0.340 e. The third kappa shape index (κ3) is 4.34. The van der Waals surface area contributed by atoms with E-state index in [4.69, 9.17) is 4.98 Å². The van der Waals surface area contributed by atoms with Crippen molar-refractivity contribution in [1.82, 2.24) is 24.0 Å². The van der Waals surface area contributed by atoms with Crippen molar-refractivity contribution < 1.29 is 0 Å².